The van der Waals surface area contributed by atoms with Crippen molar-refractivity contribution in [1.29, 1.82) is 0 Å². The first kappa shape index (κ1) is 13.8. The summed E-state index contributed by atoms with van der Waals surface area (Å²) in [7, 11) is 0. The minimum atomic E-state index is 0.313. The second kappa shape index (κ2) is 6.50. The Labute approximate surface area is 122 Å². The number of nitrogens with one attached hydrogen (secondary N) is 1. The fourth-order valence-electron chi connectivity index (χ4n) is 1.65. The molecule has 3 nitrogen and oxygen atoms in total. The SMILES string of the molecule is NC(=S)c1ccc(NCCc2ccc(Cl)cc2)cn1. The molecule has 0 fully saturated rings. The molecule has 0 atom stereocenters. The van der Waals surface area contributed by atoms with Crippen molar-refractivity contribution >= 4 is 34.5 Å². The summed E-state index contributed by atoms with van der Waals surface area (Å²) in [5.74, 6) is 0. The second-order valence-electron chi connectivity index (χ2n) is 4.10. The number of nitrogens with zero attached hydrogens (tertiary/aromatic N) is 1. The molecule has 1 aromatic heterocycles. The van der Waals surface area contributed by atoms with Gasteiger partial charge in [-0.1, -0.05) is 36.0 Å². The third kappa shape index (κ3) is 4.19. The van der Waals surface area contributed by atoms with Crippen LogP contribution in [-0.2, 0) is 6.42 Å². The summed E-state index contributed by atoms with van der Waals surface area (Å²) in [5.41, 5.74) is 8.32. The zero-order chi connectivity index (χ0) is 13.7. The first-order valence-corrected chi connectivity index (χ1v) is 6.68. The molecular weight excluding hydrogens is 278 g/mol. The maximum absolute atomic E-state index is 5.84. The van der Waals surface area contributed by atoms with Crippen molar-refractivity contribution in [2.75, 3.05) is 11.9 Å². The third-order valence-corrected chi connectivity index (χ3v) is 3.13. The van der Waals surface area contributed by atoms with Crippen molar-refractivity contribution < 1.29 is 0 Å². The zero-order valence-corrected chi connectivity index (χ0v) is 11.8. The van der Waals surface area contributed by atoms with Crippen LogP contribution in [0, 0.1) is 0 Å². The molecule has 0 bridgehead atoms. The number of hydrogen-bond acceptors (Lipinski definition) is 3. The van der Waals surface area contributed by atoms with E-state index in [-0.39, 0.29) is 0 Å². The van der Waals surface area contributed by atoms with E-state index in [0.717, 1.165) is 23.7 Å². The molecule has 98 valence electrons. The van der Waals surface area contributed by atoms with Crippen LogP contribution >= 0.6 is 23.8 Å². The molecular formula is C14H14ClN3S. The highest BCUT2D eigenvalue weighted by Crippen LogP contribution is 2.11. The molecule has 0 saturated heterocycles. The molecule has 19 heavy (non-hydrogen) atoms. The van der Waals surface area contributed by atoms with Crippen molar-refractivity contribution in [2.24, 2.45) is 5.73 Å². The summed E-state index contributed by atoms with van der Waals surface area (Å²) in [6.45, 7) is 0.829. The van der Waals surface area contributed by atoms with Gasteiger partial charge in [-0.05, 0) is 36.2 Å². The maximum Gasteiger partial charge on any atom is 0.122 e. The number of nitrogens with two attached hydrogens (primary N) is 1. The molecule has 0 spiro atoms. The number of anilines is 1. The number of thiocarbonyl (C=S) groups is 1. The minimum absolute atomic E-state index is 0.313. The molecule has 1 heterocycles. The van der Waals surface area contributed by atoms with Gasteiger partial charge < -0.3 is 11.1 Å². The predicted octanol–water partition coefficient (Wildman–Crippen LogP) is 3.02. The van der Waals surface area contributed by atoms with Gasteiger partial charge in [-0.25, -0.2) is 0 Å². The van der Waals surface area contributed by atoms with Crippen LogP contribution < -0.4 is 11.1 Å². The molecule has 5 heteroatoms. The second-order valence-corrected chi connectivity index (χ2v) is 4.98. The van der Waals surface area contributed by atoms with Gasteiger partial charge in [-0.15, -0.1) is 0 Å². The Bertz CT molecular complexity index is 552. The highest BCUT2D eigenvalue weighted by Gasteiger charge is 1.98. The van der Waals surface area contributed by atoms with Gasteiger partial charge in [0.1, 0.15) is 4.99 Å². The van der Waals surface area contributed by atoms with Crippen LogP contribution in [0.1, 0.15) is 11.3 Å². The van der Waals surface area contributed by atoms with Gasteiger partial charge in [0.2, 0.25) is 0 Å². The predicted molar refractivity (Wildman–Crippen MR) is 83.8 cm³/mol. The number of aromatic nitrogens is 1. The summed E-state index contributed by atoms with van der Waals surface area (Å²) in [6, 6.07) is 11.6. The molecule has 0 amide bonds. The highest BCUT2D eigenvalue weighted by atomic mass is 35.5. The van der Waals surface area contributed by atoms with Gasteiger partial charge in [0, 0.05) is 11.6 Å². The van der Waals surface area contributed by atoms with Gasteiger partial charge in [0.25, 0.3) is 0 Å². The number of benzene rings is 1. The Morgan fingerprint density at radius 2 is 1.95 bits per heavy atom. The van der Waals surface area contributed by atoms with Gasteiger partial charge in [-0.2, -0.15) is 0 Å². The Morgan fingerprint density at radius 1 is 1.21 bits per heavy atom. The third-order valence-electron chi connectivity index (χ3n) is 2.67. The minimum Gasteiger partial charge on any atom is -0.388 e. The van der Waals surface area contributed by atoms with Gasteiger partial charge in [-0.3, -0.25) is 4.98 Å². The molecule has 2 rings (SSSR count). The molecule has 0 aliphatic rings. The fraction of sp³-hybridized carbons (Fsp3) is 0.143. The van der Waals surface area contributed by atoms with Crippen LogP contribution in [0.3, 0.4) is 0 Å². The molecule has 0 radical (unpaired) electrons. The van der Waals surface area contributed by atoms with Crippen LogP contribution in [0.25, 0.3) is 0 Å². The largest absolute Gasteiger partial charge is 0.388 e. The Kier molecular flexibility index (Phi) is 4.71. The summed E-state index contributed by atoms with van der Waals surface area (Å²) in [5, 5.41) is 4.05. The topological polar surface area (TPSA) is 50.9 Å². The normalized spacial score (nSPS) is 10.2. The Morgan fingerprint density at radius 3 is 2.53 bits per heavy atom. The van der Waals surface area contributed by atoms with Gasteiger partial charge in [0.05, 0.1) is 17.6 Å². The van der Waals surface area contributed by atoms with Crippen LogP contribution in [0.2, 0.25) is 5.02 Å². The van der Waals surface area contributed by atoms with Crippen molar-refractivity contribution in [3.8, 4) is 0 Å². The average molecular weight is 292 g/mol. The Balaban J connectivity index is 1.85. The average Bonchev–Trinajstić information content (AvgIpc) is 2.41. The van der Waals surface area contributed by atoms with E-state index in [0.29, 0.717) is 10.7 Å². The zero-order valence-electron chi connectivity index (χ0n) is 10.3. The smallest absolute Gasteiger partial charge is 0.122 e. The lowest BCUT2D eigenvalue weighted by Gasteiger charge is -2.07. The van der Waals surface area contributed by atoms with E-state index in [4.69, 9.17) is 29.6 Å². The molecule has 2 aromatic rings. The Hall–Kier alpha value is -1.65. The monoisotopic (exact) mass is 291 g/mol. The van der Waals surface area contributed by atoms with Crippen molar-refractivity contribution in [2.45, 2.75) is 6.42 Å². The number of pyridine rings is 1. The molecule has 0 aliphatic carbocycles. The van der Waals surface area contributed by atoms with E-state index < -0.39 is 0 Å². The molecule has 1 aromatic carbocycles. The van der Waals surface area contributed by atoms with Crippen LogP contribution in [-0.4, -0.2) is 16.5 Å². The van der Waals surface area contributed by atoms with E-state index in [1.807, 2.05) is 36.4 Å². The first-order valence-electron chi connectivity index (χ1n) is 5.89. The van der Waals surface area contributed by atoms with E-state index in [2.05, 4.69) is 10.3 Å². The lowest BCUT2D eigenvalue weighted by atomic mass is 10.1. The van der Waals surface area contributed by atoms with Crippen molar-refractivity contribution in [3.63, 3.8) is 0 Å². The van der Waals surface area contributed by atoms with Crippen molar-refractivity contribution in [1.82, 2.24) is 4.98 Å². The van der Waals surface area contributed by atoms with E-state index in [1.165, 1.54) is 5.56 Å². The van der Waals surface area contributed by atoms with Crippen LogP contribution in [0.5, 0.6) is 0 Å². The lowest BCUT2D eigenvalue weighted by Crippen LogP contribution is -2.12. The van der Waals surface area contributed by atoms with E-state index >= 15 is 0 Å². The molecule has 0 saturated carbocycles. The molecule has 0 unspecified atom stereocenters. The number of rotatable bonds is 5. The van der Waals surface area contributed by atoms with Gasteiger partial charge >= 0.3 is 0 Å². The number of hydrogen-bond donors (Lipinski definition) is 2. The van der Waals surface area contributed by atoms with Crippen molar-refractivity contribution in [3.05, 3.63) is 58.9 Å². The summed E-state index contributed by atoms with van der Waals surface area (Å²) in [6.07, 6.45) is 2.66. The number of halogens is 1. The summed E-state index contributed by atoms with van der Waals surface area (Å²) < 4.78 is 0. The summed E-state index contributed by atoms with van der Waals surface area (Å²) in [4.78, 5) is 4.48. The summed E-state index contributed by atoms with van der Waals surface area (Å²) >= 11 is 10.7. The first-order chi connectivity index (χ1) is 9.15. The molecule has 3 N–H and O–H groups in total. The lowest BCUT2D eigenvalue weighted by molar-refractivity contribution is 1.02. The van der Waals surface area contributed by atoms with E-state index in [1.54, 1.807) is 6.20 Å². The standard InChI is InChI=1S/C14H14ClN3S/c15-11-3-1-10(2-4-11)7-8-17-12-5-6-13(14(16)19)18-9-12/h1-6,9,17H,7-8H2,(H2,16,19). The fourth-order valence-corrected chi connectivity index (χ4v) is 1.89. The van der Waals surface area contributed by atoms with Crippen LogP contribution in [0.15, 0.2) is 42.6 Å². The van der Waals surface area contributed by atoms with Gasteiger partial charge in [0.15, 0.2) is 0 Å². The molecule has 0 aliphatic heterocycles. The quantitative estimate of drug-likeness (QED) is 0.832. The van der Waals surface area contributed by atoms with E-state index in [9.17, 15) is 0 Å². The maximum atomic E-state index is 5.84. The highest BCUT2D eigenvalue weighted by molar-refractivity contribution is 7.80. The van der Waals surface area contributed by atoms with Crippen LogP contribution in [0.4, 0.5) is 5.69 Å².